The van der Waals surface area contributed by atoms with Gasteiger partial charge in [0, 0.05) is 22.0 Å². The van der Waals surface area contributed by atoms with E-state index in [0.717, 1.165) is 16.5 Å². The van der Waals surface area contributed by atoms with E-state index < -0.39 is 10.0 Å². The fraction of sp³-hybridized carbons (Fsp3) is 0.500. The van der Waals surface area contributed by atoms with Gasteiger partial charge in [0.15, 0.2) is 0 Å². The minimum atomic E-state index is -3.46. The highest BCUT2D eigenvalue weighted by atomic mass is 79.9. The van der Waals surface area contributed by atoms with Crippen LogP contribution in [0.2, 0.25) is 0 Å². The first-order valence-corrected chi connectivity index (χ1v) is 8.68. The Kier molecular flexibility index (Phi) is 5.41. The normalized spacial score (nSPS) is 13.9. The first-order chi connectivity index (χ1) is 8.21. The van der Waals surface area contributed by atoms with Crippen LogP contribution < -0.4 is 0 Å². The zero-order chi connectivity index (χ0) is 14.1. The van der Waals surface area contributed by atoms with Gasteiger partial charge in [-0.25, -0.2) is 8.42 Å². The molecule has 0 fully saturated rings. The van der Waals surface area contributed by atoms with Crippen molar-refractivity contribution < 1.29 is 8.42 Å². The molecule has 1 aromatic carbocycles. The molecule has 102 valence electrons. The molecular formula is C12H17Br2NO2S. The topological polar surface area (TPSA) is 37.4 Å². The highest BCUT2D eigenvalue weighted by Crippen LogP contribution is 2.31. The molecule has 1 aromatic rings. The summed E-state index contributed by atoms with van der Waals surface area (Å²) in [7, 11) is -1.85. The molecule has 0 bridgehead atoms. The lowest BCUT2D eigenvalue weighted by molar-refractivity contribution is 0.380. The maximum absolute atomic E-state index is 12.5. The van der Waals surface area contributed by atoms with Crippen LogP contribution in [0.25, 0.3) is 0 Å². The summed E-state index contributed by atoms with van der Waals surface area (Å²) in [4.78, 5) is 0.294. The van der Waals surface area contributed by atoms with Crippen LogP contribution in [0.1, 0.15) is 25.8 Å². The number of halogens is 2. The first-order valence-electron chi connectivity index (χ1n) is 5.65. The monoisotopic (exact) mass is 397 g/mol. The molecule has 0 heterocycles. The van der Waals surface area contributed by atoms with Crippen molar-refractivity contribution in [2.24, 2.45) is 0 Å². The number of benzene rings is 1. The summed E-state index contributed by atoms with van der Waals surface area (Å²) in [6, 6.07) is 3.43. The predicted octanol–water partition coefficient (Wildman–Crippen LogP) is 3.94. The van der Waals surface area contributed by atoms with Crippen LogP contribution in [0.3, 0.4) is 0 Å². The van der Waals surface area contributed by atoms with E-state index in [0.29, 0.717) is 9.37 Å². The van der Waals surface area contributed by atoms with Crippen LogP contribution in [-0.4, -0.2) is 25.8 Å². The summed E-state index contributed by atoms with van der Waals surface area (Å²) >= 11 is 6.70. The molecule has 0 amide bonds. The van der Waals surface area contributed by atoms with Crippen LogP contribution >= 0.6 is 31.9 Å². The zero-order valence-electron chi connectivity index (χ0n) is 10.9. The Morgan fingerprint density at radius 2 is 1.83 bits per heavy atom. The van der Waals surface area contributed by atoms with E-state index in [1.165, 1.54) is 4.31 Å². The molecule has 0 aliphatic carbocycles. The molecule has 0 aromatic heterocycles. The average Bonchev–Trinajstić information content (AvgIpc) is 2.31. The third-order valence-electron chi connectivity index (χ3n) is 3.08. The lowest BCUT2D eigenvalue weighted by Gasteiger charge is -2.24. The van der Waals surface area contributed by atoms with Crippen molar-refractivity contribution in [2.45, 2.75) is 38.1 Å². The van der Waals surface area contributed by atoms with E-state index in [1.54, 1.807) is 19.2 Å². The van der Waals surface area contributed by atoms with E-state index in [9.17, 15) is 8.42 Å². The van der Waals surface area contributed by atoms with Crippen molar-refractivity contribution in [1.82, 2.24) is 4.31 Å². The predicted molar refractivity (Wildman–Crippen MR) is 81.3 cm³/mol. The van der Waals surface area contributed by atoms with Crippen molar-refractivity contribution in [3.63, 3.8) is 0 Å². The summed E-state index contributed by atoms with van der Waals surface area (Å²) in [6.07, 6.45) is 0.778. The van der Waals surface area contributed by atoms with Gasteiger partial charge in [-0.1, -0.05) is 22.9 Å². The van der Waals surface area contributed by atoms with Gasteiger partial charge in [0.1, 0.15) is 0 Å². The van der Waals surface area contributed by atoms with Gasteiger partial charge in [0.25, 0.3) is 0 Å². The van der Waals surface area contributed by atoms with Crippen LogP contribution in [-0.2, 0) is 10.0 Å². The van der Waals surface area contributed by atoms with Crippen molar-refractivity contribution >= 4 is 41.9 Å². The minimum Gasteiger partial charge on any atom is -0.207 e. The lowest BCUT2D eigenvalue weighted by Crippen LogP contribution is -2.34. The number of aryl methyl sites for hydroxylation is 1. The molecule has 0 spiro atoms. The molecular weight excluding hydrogens is 382 g/mol. The Morgan fingerprint density at radius 3 is 2.33 bits per heavy atom. The molecule has 0 aliphatic rings. The molecule has 1 rings (SSSR count). The van der Waals surface area contributed by atoms with Crippen molar-refractivity contribution in [1.29, 1.82) is 0 Å². The second-order valence-electron chi connectivity index (χ2n) is 4.31. The molecule has 18 heavy (non-hydrogen) atoms. The standard InChI is InChI=1S/C12H17Br2NO2S/c1-5-9(3)15(4)18(16,17)12-7-10(13)8(2)6-11(12)14/h6-7,9H,5H2,1-4H3. The smallest absolute Gasteiger partial charge is 0.207 e. The SMILES string of the molecule is CCC(C)N(C)S(=O)(=O)c1cc(Br)c(C)cc1Br. The van der Waals surface area contributed by atoms with E-state index in [1.807, 2.05) is 20.8 Å². The summed E-state index contributed by atoms with van der Waals surface area (Å²) < 4.78 is 27.8. The third-order valence-corrected chi connectivity index (χ3v) is 6.87. The van der Waals surface area contributed by atoms with Crippen LogP contribution in [0, 0.1) is 6.92 Å². The molecule has 0 saturated heterocycles. The lowest BCUT2D eigenvalue weighted by atomic mass is 10.2. The minimum absolute atomic E-state index is 0.0259. The van der Waals surface area contributed by atoms with Gasteiger partial charge < -0.3 is 0 Å². The molecule has 3 nitrogen and oxygen atoms in total. The van der Waals surface area contributed by atoms with E-state index in [2.05, 4.69) is 31.9 Å². The Labute approximate surface area is 126 Å². The largest absolute Gasteiger partial charge is 0.244 e. The van der Waals surface area contributed by atoms with Gasteiger partial charge in [-0.15, -0.1) is 0 Å². The molecule has 1 atom stereocenters. The maximum Gasteiger partial charge on any atom is 0.244 e. The van der Waals surface area contributed by atoms with Gasteiger partial charge in [0.2, 0.25) is 10.0 Å². The van der Waals surface area contributed by atoms with Gasteiger partial charge in [-0.2, -0.15) is 4.31 Å². The first kappa shape index (κ1) is 16.1. The van der Waals surface area contributed by atoms with Crippen molar-refractivity contribution in [3.05, 3.63) is 26.6 Å². The second kappa shape index (κ2) is 6.03. The number of hydrogen-bond acceptors (Lipinski definition) is 2. The highest BCUT2D eigenvalue weighted by molar-refractivity contribution is 9.11. The molecule has 0 radical (unpaired) electrons. The number of hydrogen-bond donors (Lipinski definition) is 0. The summed E-state index contributed by atoms with van der Waals surface area (Å²) in [5.74, 6) is 0. The average molecular weight is 399 g/mol. The third kappa shape index (κ3) is 3.15. The van der Waals surface area contributed by atoms with Crippen molar-refractivity contribution in [3.8, 4) is 0 Å². The van der Waals surface area contributed by atoms with Crippen LogP contribution in [0.4, 0.5) is 0 Å². The fourth-order valence-electron chi connectivity index (χ4n) is 1.47. The van der Waals surface area contributed by atoms with Gasteiger partial charge >= 0.3 is 0 Å². The van der Waals surface area contributed by atoms with Crippen molar-refractivity contribution in [2.75, 3.05) is 7.05 Å². The van der Waals surface area contributed by atoms with Gasteiger partial charge in [0.05, 0.1) is 4.90 Å². The quantitative estimate of drug-likeness (QED) is 0.770. The Balaban J connectivity index is 3.33. The Morgan fingerprint density at radius 1 is 1.28 bits per heavy atom. The summed E-state index contributed by atoms with van der Waals surface area (Å²) in [5.41, 5.74) is 0.993. The Bertz CT molecular complexity index is 543. The van der Waals surface area contributed by atoms with E-state index in [-0.39, 0.29) is 6.04 Å². The molecule has 0 saturated carbocycles. The number of nitrogens with zero attached hydrogens (tertiary/aromatic N) is 1. The molecule has 1 unspecified atom stereocenters. The summed E-state index contributed by atoms with van der Waals surface area (Å²) in [6.45, 7) is 5.79. The van der Waals surface area contributed by atoms with Gasteiger partial charge in [-0.05, 0) is 53.9 Å². The van der Waals surface area contributed by atoms with Gasteiger partial charge in [-0.3, -0.25) is 0 Å². The fourth-order valence-corrected chi connectivity index (χ4v) is 4.55. The molecule has 0 N–H and O–H groups in total. The maximum atomic E-state index is 12.5. The van der Waals surface area contributed by atoms with E-state index >= 15 is 0 Å². The zero-order valence-corrected chi connectivity index (χ0v) is 14.9. The Hall–Kier alpha value is 0.0900. The van der Waals surface area contributed by atoms with Crippen LogP contribution in [0.15, 0.2) is 26.0 Å². The number of sulfonamides is 1. The summed E-state index contributed by atoms with van der Waals surface area (Å²) in [5, 5.41) is 0. The highest BCUT2D eigenvalue weighted by Gasteiger charge is 2.27. The van der Waals surface area contributed by atoms with Crippen LogP contribution in [0.5, 0.6) is 0 Å². The molecule has 0 aliphatic heterocycles. The van der Waals surface area contributed by atoms with E-state index in [4.69, 9.17) is 0 Å². The second-order valence-corrected chi connectivity index (χ2v) is 7.98. The number of rotatable bonds is 4. The molecule has 6 heteroatoms.